The average Bonchev–Trinajstić information content (AvgIpc) is 2.57. The normalized spacial score (nSPS) is 12.1. The molecule has 2 aromatic carbocycles. The number of para-hydroxylation sites is 1. The second-order valence-electron chi connectivity index (χ2n) is 5.51. The Balaban J connectivity index is 1.89. The molecule has 0 radical (unpaired) electrons. The number of carbonyl (C=O) groups excluding carboxylic acids is 1. The van der Waals surface area contributed by atoms with Crippen molar-refractivity contribution in [2.45, 2.75) is 19.9 Å². The zero-order valence-electron chi connectivity index (χ0n) is 13.0. The lowest BCUT2D eigenvalue weighted by Crippen LogP contribution is -2.31. The van der Waals surface area contributed by atoms with Crippen LogP contribution in [0.5, 0.6) is 0 Å². The van der Waals surface area contributed by atoms with Crippen molar-refractivity contribution in [2.75, 3.05) is 5.32 Å². The Kier molecular flexibility index (Phi) is 3.93. The molecular weight excluding hydrogens is 290 g/mol. The summed E-state index contributed by atoms with van der Waals surface area (Å²) in [6, 6.07) is 14.0. The third kappa shape index (κ3) is 2.99. The third-order valence-corrected chi connectivity index (χ3v) is 3.81. The molecule has 1 heterocycles. The Bertz CT molecular complexity index is 913. The number of nitrogens with one attached hydrogen (secondary N) is 1. The molecule has 116 valence electrons. The van der Waals surface area contributed by atoms with Crippen molar-refractivity contribution in [1.29, 1.82) is 0 Å². The summed E-state index contributed by atoms with van der Waals surface area (Å²) in [6.45, 7) is 3.66. The molecule has 5 nitrogen and oxygen atoms in total. The Morgan fingerprint density at radius 1 is 1.13 bits per heavy atom. The highest BCUT2D eigenvalue weighted by molar-refractivity contribution is 5.93. The fourth-order valence-electron chi connectivity index (χ4n) is 2.37. The van der Waals surface area contributed by atoms with E-state index in [0.717, 1.165) is 5.56 Å². The summed E-state index contributed by atoms with van der Waals surface area (Å²) in [4.78, 5) is 29.1. The number of anilines is 1. The van der Waals surface area contributed by atoms with Crippen LogP contribution in [-0.4, -0.2) is 15.5 Å². The van der Waals surface area contributed by atoms with Gasteiger partial charge in [-0.2, -0.15) is 0 Å². The number of aryl methyl sites for hydroxylation is 1. The highest BCUT2D eigenvalue weighted by Crippen LogP contribution is 2.13. The van der Waals surface area contributed by atoms with Crippen LogP contribution in [-0.2, 0) is 4.79 Å². The van der Waals surface area contributed by atoms with Crippen molar-refractivity contribution < 1.29 is 4.79 Å². The van der Waals surface area contributed by atoms with Gasteiger partial charge in [0.15, 0.2) is 0 Å². The first-order valence-corrected chi connectivity index (χ1v) is 7.39. The number of hydrogen-bond donors (Lipinski definition) is 1. The van der Waals surface area contributed by atoms with Gasteiger partial charge in [0, 0.05) is 5.69 Å². The zero-order valence-corrected chi connectivity index (χ0v) is 13.0. The van der Waals surface area contributed by atoms with E-state index in [4.69, 9.17) is 0 Å². The summed E-state index contributed by atoms with van der Waals surface area (Å²) in [7, 11) is 0. The highest BCUT2D eigenvalue weighted by Gasteiger charge is 2.17. The minimum absolute atomic E-state index is 0.220. The number of fused-ring (bicyclic) bond motifs is 1. The van der Waals surface area contributed by atoms with Crippen molar-refractivity contribution >= 4 is 22.5 Å². The molecule has 0 bridgehead atoms. The van der Waals surface area contributed by atoms with Crippen molar-refractivity contribution in [3.63, 3.8) is 0 Å². The van der Waals surface area contributed by atoms with Crippen LogP contribution < -0.4 is 10.9 Å². The minimum atomic E-state index is -0.652. The lowest BCUT2D eigenvalue weighted by Gasteiger charge is -2.15. The maximum Gasteiger partial charge on any atom is 0.261 e. The number of carbonyl (C=O) groups is 1. The van der Waals surface area contributed by atoms with Crippen molar-refractivity contribution in [3.05, 3.63) is 70.8 Å². The standard InChI is InChI=1S/C18H17N3O2/c1-12-7-9-14(10-8-12)20-17(22)13(2)21-11-19-16-6-4-3-5-15(16)18(21)23/h3-11,13H,1-2H3,(H,20,22). The number of hydrogen-bond acceptors (Lipinski definition) is 3. The van der Waals surface area contributed by atoms with Gasteiger partial charge in [-0.15, -0.1) is 0 Å². The molecule has 0 aliphatic rings. The maximum atomic E-state index is 12.5. The molecule has 0 fully saturated rings. The first-order chi connectivity index (χ1) is 11.1. The Morgan fingerprint density at radius 3 is 2.57 bits per heavy atom. The molecule has 5 heteroatoms. The van der Waals surface area contributed by atoms with Gasteiger partial charge < -0.3 is 5.32 Å². The van der Waals surface area contributed by atoms with Crippen LogP contribution in [0.2, 0.25) is 0 Å². The third-order valence-electron chi connectivity index (χ3n) is 3.81. The van der Waals surface area contributed by atoms with Gasteiger partial charge in [-0.1, -0.05) is 29.8 Å². The molecule has 1 unspecified atom stereocenters. The van der Waals surface area contributed by atoms with Crippen LogP contribution in [0.25, 0.3) is 10.9 Å². The Hall–Kier alpha value is -2.95. The second-order valence-corrected chi connectivity index (χ2v) is 5.51. The number of amides is 1. The lowest BCUT2D eigenvalue weighted by atomic mass is 10.2. The van der Waals surface area contributed by atoms with Crippen LogP contribution in [0.3, 0.4) is 0 Å². The lowest BCUT2D eigenvalue weighted by molar-refractivity contribution is -0.118. The molecule has 0 spiro atoms. The van der Waals surface area contributed by atoms with Crippen molar-refractivity contribution in [3.8, 4) is 0 Å². The van der Waals surface area contributed by atoms with E-state index < -0.39 is 6.04 Å². The Labute approximate surface area is 133 Å². The van der Waals surface area contributed by atoms with Gasteiger partial charge in [0.1, 0.15) is 6.04 Å². The van der Waals surface area contributed by atoms with Crippen LogP contribution in [0.15, 0.2) is 59.7 Å². The van der Waals surface area contributed by atoms with Gasteiger partial charge in [0.2, 0.25) is 5.91 Å². The first-order valence-electron chi connectivity index (χ1n) is 7.39. The molecule has 0 saturated heterocycles. The topological polar surface area (TPSA) is 64.0 Å². The second kappa shape index (κ2) is 6.04. The SMILES string of the molecule is Cc1ccc(NC(=O)C(C)n2cnc3ccccc3c2=O)cc1. The molecule has 1 N–H and O–H groups in total. The molecule has 23 heavy (non-hydrogen) atoms. The summed E-state index contributed by atoms with van der Waals surface area (Å²) in [5.41, 5.74) is 2.22. The smallest absolute Gasteiger partial charge is 0.261 e. The van der Waals surface area contributed by atoms with E-state index in [1.807, 2.05) is 37.3 Å². The van der Waals surface area contributed by atoms with E-state index in [-0.39, 0.29) is 11.5 Å². The van der Waals surface area contributed by atoms with Gasteiger partial charge >= 0.3 is 0 Å². The maximum absolute atomic E-state index is 12.5. The highest BCUT2D eigenvalue weighted by atomic mass is 16.2. The van der Waals surface area contributed by atoms with Crippen LogP contribution in [0, 0.1) is 6.92 Å². The van der Waals surface area contributed by atoms with E-state index in [1.165, 1.54) is 10.9 Å². The molecule has 0 saturated carbocycles. The molecule has 1 aromatic heterocycles. The van der Waals surface area contributed by atoms with Crippen LogP contribution >= 0.6 is 0 Å². The van der Waals surface area contributed by atoms with Crippen molar-refractivity contribution in [2.24, 2.45) is 0 Å². The van der Waals surface area contributed by atoms with Gasteiger partial charge in [-0.25, -0.2) is 4.98 Å². The van der Waals surface area contributed by atoms with E-state index in [2.05, 4.69) is 10.3 Å². The summed E-state index contributed by atoms with van der Waals surface area (Å²) < 4.78 is 1.35. The number of benzene rings is 2. The van der Waals surface area contributed by atoms with E-state index in [9.17, 15) is 9.59 Å². The molecular formula is C18H17N3O2. The minimum Gasteiger partial charge on any atom is -0.324 e. The first kappa shape index (κ1) is 15.0. The zero-order chi connectivity index (χ0) is 16.4. The summed E-state index contributed by atoms with van der Waals surface area (Å²) in [5, 5.41) is 3.32. The van der Waals surface area contributed by atoms with E-state index >= 15 is 0 Å². The molecule has 1 atom stereocenters. The van der Waals surface area contributed by atoms with E-state index in [0.29, 0.717) is 16.6 Å². The predicted molar refractivity (Wildman–Crippen MR) is 90.5 cm³/mol. The van der Waals surface area contributed by atoms with Crippen LogP contribution in [0.1, 0.15) is 18.5 Å². The Morgan fingerprint density at radius 2 is 1.83 bits per heavy atom. The van der Waals surface area contributed by atoms with Gasteiger partial charge in [-0.3, -0.25) is 14.2 Å². The summed E-state index contributed by atoms with van der Waals surface area (Å²) in [5.74, 6) is -0.256. The van der Waals surface area contributed by atoms with Gasteiger partial charge in [0.25, 0.3) is 5.56 Å². The largest absolute Gasteiger partial charge is 0.324 e. The molecule has 0 aliphatic carbocycles. The fraction of sp³-hybridized carbons (Fsp3) is 0.167. The van der Waals surface area contributed by atoms with Crippen molar-refractivity contribution in [1.82, 2.24) is 9.55 Å². The average molecular weight is 307 g/mol. The van der Waals surface area contributed by atoms with Crippen LogP contribution in [0.4, 0.5) is 5.69 Å². The number of nitrogens with zero attached hydrogens (tertiary/aromatic N) is 2. The predicted octanol–water partition coefficient (Wildman–Crippen LogP) is 2.90. The molecule has 3 aromatic rings. The van der Waals surface area contributed by atoms with E-state index in [1.54, 1.807) is 25.1 Å². The fourth-order valence-corrected chi connectivity index (χ4v) is 2.37. The monoisotopic (exact) mass is 307 g/mol. The number of aromatic nitrogens is 2. The summed E-state index contributed by atoms with van der Waals surface area (Å²) in [6.07, 6.45) is 1.42. The summed E-state index contributed by atoms with van der Waals surface area (Å²) >= 11 is 0. The molecule has 0 aliphatic heterocycles. The molecule has 1 amide bonds. The van der Waals surface area contributed by atoms with Gasteiger partial charge in [-0.05, 0) is 38.1 Å². The van der Waals surface area contributed by atoms with Gasteiger partial charge in [0.05, 0.1) is 17.2 Å². The number of rotatable bonds is 3. The quantitative estimate of drug-likeness (QED) is 0.809. The molecule has 3 rings (SSSR count).